The van der Waals surface area contributed by atoms with Gasteiger partial charge in [0.2, 0.25) is 11.8 Å². The van der Waals surface area contributed by atoms with Crippen LogP contribution in [0.15, 0.2) is 53.4 Å². The molecule has 1 aliphatic heterocycles. The highest BCUT2D eigenvalue weighted by molar-refractivity contribution is 7.90. The molecule has 0 saturated carbocycles. The average molecular weight is 486 g/mol. The quantitative estimate of drug-likeness (QED) is 0.588. The normalized spacial score (nSPS) is 15.2. The van der Waals surface area contributed by atoms with Crippen molar-refractivity contribution in [3.8, 4) is 0 Å². The second kappa shape index (κ2) is 10.4. The second-order valence-electron chi connectivity index (χ2n) is 8.66. The molecule has 0 aromatic heterocycles. The van der Waals surface area contributed by atoms with Crippen molar-refractivity contribution >= 4 is 27.7 Å². The van der Waals surface area contributed by atoms with E-state index in [1.54, 1.807) is 12.1 Å². The molecule has 3 rings (SSSR count). The number of fused-ring (bicyclic) bond motifs is 1. The van der Waals surface area contributed by atoms with Crippen LogP contribution in [0, 0.1) is 6.92 Å². The molecule has 0 unspecified atom stereocenters. The minimum absolute atomic E-state index is 0.0491. The van der Waals surface area contributed by atoms with Gasteiger partial charge in [0.15, 0.2) is 0 Å². The van der Waals surface area contributed by atoms with Crippen molar-refractivity contribution in [3.63, 3.8) is 0 Å². The second-order valence-corrected chi connectivity index (χ2v) is 10.5. The van der Waals surface area contributed by atoms with E-state index in [1.165, 1.54) is 17.0 Å². The first kappa shape index (κ1) is 25.4. The van der Waals surface area contributed by atoms with E-state index in [-0.39, 0.29) is 41.9 Å². The summed E-state index contributed by atoms with van der Waals surface area (Å²) in [6.07, 6.45) is 0.166. The van der Waals surface area contributed by atoms with E-state index < -0.39 is 27.9 Å². The van der Waals surface area contributed by atoms with Crippen molar-refractivity contribution in [2.75, 3.05) is 6.54 Å². The first-order valence-electron chi connectivity index (χ1n) is 11.4. The van der Waals surface area contributed by atoms with Crippen molar-refractivity contribution in [2.45, 2.75) is 64.1 Å². The summed E-state index contributed by atoms with van der Waals surface area (Å²) in [6, 6.07) is 12.8. The third-order valence-corrected chi connectivity index (χ3v) is 7.70. The molecule has 1 aliphatic rings. The number of hydrogen-bond acceptors (Lipinski definition) is 5. The van der Waals surface area contributed by atoms with E-state index in [4.69, 9.17) is 0 Å². The van der Waals surface area contributed by atoms with Gasteiger partial charge < -0.3 is 10.2 Å². The maximum absolute atomic E-state index is 13.4. The van der Waals surface area contributed by atoms with Crippen LogP contribution in [-0.2, 0) is 26.2 Å². The SMILES string of the molecule is CC[C@@H](C(=O)NC(C)C)N(Cc1ccccc1C)C(=O)CCN1C(=O)c2ccccc2S1(=O)=O. The van der Waals surface area contributed by atoms with Crippen LogP contribution >= 0.6 is 0 Å². The molecule has 1 N–H and O–H groups in total. The summed E-state index contributed by atoms with van der Waals surface area (Å²) in [6.45, 7) is 7.37. The molecule has 34 heavy (non-hydrogen) atoms. The minimum atomic E-state index is -4.01. The van der Waals surface area contributed by atoms with Gasteiger partial charge in [0.25, 0.3) is 15.9 Å². The summed E-state index contributed by atoms with van der Waals surface area (Å²) in [7, 11) is -4.01. The van der Waals surface area contributed by atoms with Gasteiger partial charge in [-0.1, -0.05) is 43.3 Å². The largest absolute Gasteiger partial charge is 0.352 e. The fourth-order valence-corrected chi connectivity index (χ4v) is 5.63. The Balaban J connectivity index is 1.84. The highest BCUT2D eigenvalue weighted by atomic mass is 32.2. The number of sulfonamides is 1. The summed E-state index contributed by atoms with van der Waals surface area (Å²) < 4.78 is 26.4. The number of benzene rings is 2. The summed E-state index contributed by atoms with van der Waals surface area (Å²) in [5.74, 6) is -1.30. The molecule has 2 aromatic rings. The van der Waals surface area contributed by atoms with Gasteiger partial charge in [-0.15, -0.1) is 0 Å². The first-order chi connectivity index (χ1) is 16.1. The van der Waals surface area contributed by atoms with Gasteiger partial charge in [0, 0.05) is 25.6 Å². The topological polar surface area (TPSA) is 104 Å². The van der Waals surface area contributed by atoms with Gasteiger partial charge in [-0.2, -0.15) is 0 Å². The van der Waals surface area contributed by atoms with Crippen LogP contribution in [0.25, 0.3) is 0 Å². The molecule has 0 fully saturated rings. The summed E-state index contributed by atoms with van der Waals surface area (Å²) in [5.41, 5.74) is 1.98. The lowest BCUT2D eigenvalue weighted by Crippen LogP contribution is -2.51. The zero-order valence-corrected chi connectivity index (χ0v) is 20.8. The van der Waals surface area contributed by atoms with Crippen molar-refractivity contribution in [2.24, 2.45) is 0 Å². The predicted molar refractivity (Wildman–Crippen MR) is 128 cm³/mol. The van der Waals surface area contributed by atoms with Crippen LogP contribution in [0.2, 0.25) is 0 Å². The zero-order valence-electron chi connectivity index (χ0n) is 19.9. The average Bonchev–Trinajstić information content (AvgIpc) is 2.98. The summed E-state index contributed by atoms with van der Waals surface area (Å²) in [5, 5.41) is 2.87. The van der Waals surface area contributed by atoms with Crippen LogP contribution in [-0.4, -0.2) is 54.0 Å². The Kier molecular flexibility index (Phi) is 7.76. The van der Waals surface area contributed by atoms with Crippen molar-refractivity contribution in [1.29, 1.82) is 0 Å². The maximum Gasteiger partial charge on any atom is 0.269 e. The third-order valence-electron chi connectivity index (χ3n) is 5.86. The van der Waals surface area contributed by atoms with E-state index in [0.29, 0.717) is 6.42 Å². The first-order valence-corrected chi connectivity index (χ1v) is 12.8. The zero-order chi connectivity index (χ0) is 25.0. The fraction of sp³-hybridized carbons (Fsp3) is 0.400. The van der Waals surface area contributed by atoms with Gasteiger partial charge in [-0.3, -0.25) is 14.4 Å². The van der Waals surface area contributed by atoms with Crippen LogP contribution in [0.3, 0.4) is 0 Å². The smallest absolute Gasteiger partial charge is 0.269 e. The number of hydrogen-bond donors (Lipinski definition) is 1. The van der Waals surface area contributed by atoms with E-state index in [9.17, 15) is 22.8 Å². The van der Waals surface area contributed by atoms with Crippen LogP contribution in [0.5, 0.6) is 0 Å². The molecule has 0 saturated heterocycles. The highest BCUT2D eigenvalue weighted by Gasteiger charge is 2.41. The number of nitrogens with zero attached hydrogens (tertiary/aromatic N) is 2. The Labute approximate surface area is 201 Å². The number of rotatable bonds is 9. The molecule has 182 valence electrons. The van der Waals surface area contributed by atoms with Crippen LogP contribution in [0.4, 0.5) is 0 Å². The van der Waals surface area contributed by atoms with Gasteiger partial charge in [-0.05, 0) is 50.5 Å². The number of aryl methyl sites for hydroxylation is 1. The van der Waals surface area contributed by atoms with Crippen molar-refractivity contribution in [1.82, 2.24) is 14.5 Å². The molecule has 1 heterocycles. The predicted octanol–water partition coefficient (Wildman–Crippen LogP) is 2.86. The monoisotopic (exact) mass is 485 g/mol. The Morgan fingerprint density at radius 3 is 2.32 bits per heavy atom. The van der Waals surface area contributed by atoms with E-state index in [1.807, 2.05) is 52.0 Å². The third kappa shape index (κ3) is 5.14. The van der Waals surface area contributed by atoms with Gasteiger partial charge in [0.05, 0.1) is 5.56 Å². The molecule has 1 atom stereocenters. The fourth-order valence-electron chi connectivity index (χ4n) is 4.06. The molecule has 8 nitrogen and oxygen atoms in total. The Morgan fingerprint density at radius 1 is 1.06 bits per heavy atom. The maximum atomic E-state index is 13.4. The van der Waals surface area contributed by atoms with Gasteiger partial charge >= 0.3 is 0 Å². The molecular weight excluding hydrogens is 454 g/mol. The lowest BCUT2D eigenvalue weighted by Gasteiger charge is -2.32. The highest BCUT2D eigenvalue weighted by Crippen LogP contribution is 2.30. The molecule has 3 amide bonds. The number of carbonyl (C=O) groups is 3. The van der Waals surface area contributed by atoms with Crippen LogP contribution < -0.4 is 5.32 Å². The molecule has 0 aliphatic carbocycles. The van der Waals surface area contributed by atoms with E-state index in [2.05, 4.69) is 5.32 Å². The van der Waals surface area contributed by atoms with Gasteiger partial charge in [0.1, 0.15) is 10.9 Å². The van der Waals surface area contributed by atoms with Crippen molar-refractivity contribution in [3.05, 3.63) is 65.2 Å². The Morgan fingerprint density at radius 2 is 1.71 bits per heavy atom. The Hall–Kier alpha value is -3.20. The molecule has 0 radical (unpaired) electrons. The number of nitrogens with one attached hydrogen (secondary N) is 1. The minimum Gasteiger partial charge on any atom is -0.352 e. The lowest BCUT2D eigenvalue weighted by molar-refractivity contribution is -0.141. The molecule has 0 spiro atoms. The summed E-state index contributed by atoms with van der Waals surface area (Å²) >= 11 is 0. The molecule has 2 aromatic carbocycles. The number of amides is 3. The van der Waals surface area contributed by atoms with Crippen molar-refractivity contribution < 1.29 is 22.8 Å². The lowest BCUT2D eigenvalue weighted by atomic mass is 10.1. The van der Waals surface area contributed by atoms with E-state index >= 15 is 0 Å². The van der Waals surface area contributed by atoms with E-state index in [0.717, 1.165) is 15.4 Å². The molecular formula is C25H31N3O5S. The Bertz CT molecular complexity index is 1190. The number of carbonyl (C=O) groups excluding carboxylic acids is 3. The van der Waals surface area contributed by atoms with Gasteiger partial charge in [-0.25, -0.2) is 12.7 Å². The standard InChI is InChI=1S/C25H31N3O5S/c1-5-21(24(30)26-17(2)3)27(16-19-11-7-6-10-18(19)4)23(29)14-15-28-25(31)20-12-8-9-13-22(20)34(28,32)33/h6-13,17,21H,5,14-16H2,1-4H3,(H,26,30)/t21-/m0/s1. The molecule has 9 heteroatoms. The summed E-state index contributed by atoms with van der Waals surface area (Å²) in [4.78, 5) is 40.5. The molecule has 0 bridgehead atoms. The van der Waals surface area contributed by atoms with Crippen LogP contribution in [0.1, 0.15) is 55.1 Å².